The maximum atomic E-state index is 11.3. The summed E-state index contributed by atoms with van der Waals surface area (Å²) in [5.74, 6) is 0.462. The Morgan fingerprint density at radius 2 is 2.25 bits per heavy atom. The molecule has 1 aliphatic rings. The van der Waals surface area contributed by atoms with Gasteiger partial charge in [-0.25, -0.2) is 0 Å². The van der Waals surface area contributed by atoms with Crippen molar-refractivity contribution in [2.75, 3.05) is 20.7 Å². The number of likely N-dealkylation sites (N-methyl/N-ethyl adjacent to an activating group) is 1. The Morgan fingerprint density at radius 1 is 1.67 bits per heavy atom. The molecule has 1 aliphatic carbocycles. The van der Waals surface area contributed by atoms with Crippen LogP contribution in [0.1, 0.15) is 19.8 Å². The third-order valence-electron chi connectivity index (χ3n) is 2.48. The quantitative estimate of drug-likeness (QED) is 0.588. The molecule has 1 saturated carbocycles. The summed E-state index contributed by atoms with van der Waals surface area (Å²) in [6.45, 7) is 2.95. The molecule has 70 valence electrons. The van der Waals surface area contributed by atoms with E-state index in [1.165, 1.54) is 20.0 Å². The van der Waals surface area contributed by atoms with Crippen molar-refractivity contribution in [2.45, 2.75) is 25.8 Å². The number of esters is 1. The Balaban J connectivity index is 2.53. The van der Waals surface area contributed by atoms with E-state index >= 15 is 0 Å². The molecule has 1 fully saturated rings. The molecule has 0 saturated heterocycles. The van der Waals surface area contributed by atoms with Crippen molar-refractivity contribution in [3.63, 3.8) is 0 Å². The van der Waals surface area contributed by atoms with E-state index in [-0.39, 0.29) is 12.0 Å². The average Bonchev–Trinajstić information content (AvgIpc) is 2.88. The van der Waals surface area contributed by atoms with Gasteiger partial charge in [0.05, 0.1) is 7.11 Å². The number of hydrogen-bond acceptors (Lipinski definition) is 3. The molecule has 12 heavy (non-hydrogen) atoms. The van der Waals surface area contributed by atoms with Crippen molar-refractivity contribution in [1.29, 1.82) is 0 Å². The van der Waals surface area contributed by atoms with Crippen LogP contribution in [-0.4, -0.2) is 37.6 Å². The first-order chi connectivity index (χ1) is 5.70. The minimum absolute atomic E-state index is 0.000000000000000444. The molecular weight excluding hydrogens is 154 g/mol. The number of carbonyl (C=O) groups excluding carboxylic acids is 1. The van der Waals surface area contributed by atoms with E-state index in [0.717, 1.165) is 6.54 Å². The second-order valence-corrected chi connectivity index (χ2v) is 3.38. The zero-order valence-corrected chi connectivity index (χ0v) is 8.04. The lowest BCUT2D eigenvalue weighted by Crippen LogP contribution is -2.40. The van der Waals surface area contributed by atoms with Crippen LogP contribution in [0.2, 0.25) is 0 Å². The molecule has 0 N–H and O–H groups in total. The smallest absolute Gasteiger partial charge is 0.323 e. The fourth-order valence-corrected chi connectivity index (χ4v) is 1.46. The molecule has 0 spiro atoms. The molecule has 1 rings (SSSR count). The van der Waals surface area contributed by atoms with Gasteiger partial charge >= 0.3 is 5.97 Å². The number of rotatable bonds is 4. The van der Waals surface area contributed by atoms with E-state index in [0.29, 0.717) is 5.92 Å². The van der Waals surface area contributed by atoms with E-state index in [4.69, 9.17) is 4.74 Å². The summed E-state index contributed by atoms with van der Waals surface area (Å²) < 4.78 is 4.76. The summed E-state index contributed by atoms with van der Waals surface area (Å²) in [5, 5.41) is 0. The molecule has 0 heterocycles. The molecule has 0 bridgehead atoms. The van der Waals surface area contributed by atoms with Crippen LogP contribution in [0.4, 0.5) is 0 Å². The van der Waals surface area contributed by atoms with Crippen LogP contribution in [0.25, 0.3) is 0 Å². The Kier molecular flexibility index (Phi) is 3.09. The van der Waals surface area contributed by atoms with E-state index in [9.17, 15) is 4.79 Å². The van der Waals surface area contributed by atoms with Crippen LogP contribution < -0.4 is 0 Å². The topological polar surface area (TPSA) is 29.5 Å². The molecule has 1 unspecified atom stereocenters. The second-order valence-electron chi connectivity index (χ2n) is 3.38. The molecule has 3 nitrogen and oxygen atoms in total. The van der Waals surface area contributed by atoms with Crippen LogP contribution in [0.15, 0.2) is 0 Å². The molecule has 1 atom stereocenters. The summed E-state index contributed by atoms with van der Waals surface area (Å²) in [6, 6.07) is -0.000000000000000444. The SMILES string of the molecule is CCN(C)C(C(=O)OC)C1CC1. The monoisotopic (exact) mass is 171 g/mol. The highest BCUT2D eigenvalue weighted by atomic mass is 16.5. The summed E-state index contributed by atoms with van der Waals surface area (Å²) in [5.41, 5.74) is 0. The largest absolute Gasteiger partial charge is 0.468 e. The zero-order chi connectivity index (χ0) is 9.14. The number of carbonyl (C=O) groups is 1. The van der Waals surface area contributed by atoms with Gasteiger partial charge in [0, 0.05) is 0 Å². The highest BCUT2D eigenvalue weighted by Gasteiger charge is 2.38. The maximum absolute atomic E-state index is 11.3. The van der Waals surface area contributed by atoms with Crippen molar-refractivity contribution < 1.29 is 9.53 Å². The minimum atomic E-state index is -0.0816. The van der Waals surface area contributed by atoms with Crippen molar-refractivity contribution in [3.05, 3.63) is 0 Å². The summed E-state index contributed by atoms with van der Waals surface area (Å²) in [4.78, 5) is 13.4. The molecule has 0 aromatic carbocycles. The third kappa shape index (κ3) is 1.97. The Bertz CT molecular complexity index is 166. The molecule has 0 radical (unpaired) electrons. The Labute approximate surface area is 73.7 Å². The third-order valence-corrected chi connectivity index (χ3v) is 2.48. The first-order valence-electron chi connectivity index (χ1n) is 4.48. The van der Waals surface area contributed by atoms with Gasteiger partial charge in [0.1, 0.15) is 6.04 Å². The lowest BCUT2D eigenvalue weighted by Gasteiger charge is -2.23. The number of nitrogens with zero attached hydrogens (tertiary/aromatic N) is 1. The molecule has 0 aliphatic heterocycles. The molecule has 0 aromatic rings. The van der Waals surface area contributed by atoms with Gasteiger partial charge in [-0.15, -0.1) is 0 Å². The highest BCUT2D eigenvalue weighted by Crippen LogP contribution is 2.35. The van der Waals surface area contributed by atoms with Crippen molar-refractivity contribution in [2.24, 2.45) is 5.92 Å². The van der Waals surface area contributed by atoms with Gasteiger partial charge in [0.15, 0.2) is 0 Å². The standard InChI is InChI=1S/C9H17NO2/c1-4-10(2)8(7-5-6-7)9(11)12-3/h7-8H,4-6H2,1-3H3. The van der Waals surface area contributed by atoms with Crippen molar-refractivity contribution >= 4 is 5.97 Å². The highest BCUT2D eigenvalue weighted by molar-refractivity contribution is 5.76. The number of methoxy groups -OCH3 is 1. The van der Waals surface area contributed by atoms with Gasteiger partial charge in [-0.05, 0) is 32.4 Å². The molecule has 3 heteroatoms. The average molecular weight is 171 g/mol. The summed E-state index contributed by atoms with van der Waals surface area (Å²) in [7, 11) is 3.43. The van der Waals surface area contributed by atoms with E-state index in [1.807, 2.05) is 7.05 Å². The summed E-state index contributed by atoms with van der Waals surface area (Å²) >= 11 is 0. The lowest BCUT2D eigenvalue weighted by molar-refractivity contribution is -0.147. The second kappa shape index (κ2) is 3.90. The fourth-order valence-electron chi connectivity index (χ4n) is 1.46. The fraction of sp³-hybridized carbons (Fsp3) is 0.889. The van der Waals surface area contributed by atoms with E-state index in [1.54, 1.807) is 0 Å². The van der Waals surface area contributed by atoms with Crippen molar-refractivity contribution in [1.82, 2.24) is 4.90 Å². The van der Waals surface area contributed by atoms with Gasteiger partial charge in [-0.1, -0.05) is 6.92 Å². The molecule has 0 aromatic heterocycles. The summed E-state index contributed by atoms with van der Waals surface area (Å²) in [6.07, 6.45) is 2.34. The van der Waals surface area contributed by atoms with Crippen LogP contribution in [0.5, 0.6) is 0 Å². The zero-order valence-electron chi connectivity index (χ0n) is 8.04. The predicted molar refractivity (Wildman–Crippen MR) is 46.8 cm³/mol. The van der Waals surface area contributed by atoms with Crippen LogP contribution in [-0.2, 0) is 9.53 Å². The first kappa shape index (κ1) is 9.52. The van der Waals surface area contributed by atoms with Crippen molar-refractivity contribution in [3.8, 4) is 0 Å². The number of ether oxygens (including phenoxy) is 1. The van der Waals surface area contributed by atoms with Gasteiger partial charge in [-0.2, -0.15) is 0 Å². The minimum Gasteiger partial charge on any atom is -0.468 e. The molecular formula is C9H17NO2. The Morgan fingerprint density at radius 3 is 2.58 bits per heavy atom. The number of hydrogen-bond donors (Lipinski definition) is 0. The molecule has 0 amide bonds. The van der Waals surface area contributed by atoms with Gasteiger partial charge < -0.3 is 4.74 Å². The lowest BCUT2D eigenvalue weighted by atomic mass is 10.1. The van der Waals surface area contributed by atoms with Gasteiger partial charge in [0.25, 0.3) is 0 Å². The van der Waals surface area contributed by atoms with Gasteiger partial charge in [-0.3, -0.25) is 9.69 Å². The van der Waals surface area contributed by atoms with Crippen LogP contribution in [0, 0.1) is 5.92 Å². The first-order valence-corrected chi connectivity index (χ1v) is 4.48. The van der Waals surface area contributed by atoms with Crippen LogP contribution >= 0.6 is 0 Å². The van der Waals surface area contributed by atoms with Gasteiger partial charge in [0.2, 0.25) is 0 Å². The predicted octanol–water partition coefficient (Wildman–Crippen LogP) is 0.890. The maximum Gasteiger partial charge on any atom is 0.323 e. The van der Waals surface area contributed by atoms with E-state index < -0.39 is 0 Å². The van der Waals surface area contributed by atoms with E-state index in [2.05, 4.69) is 11.8 Å². The normalized spacial score (nSPS) is 19.3. The Hall–Kier alpha value is -0.570. The van der Waals surface area contributed by atoms with Crippen LogP contribution in [0.3, 0.4) is 0 Å².